The van der Waals surface area contributed by atoms with Gasteiger partial charge in [0.05, 0.1) is 26.4 Å². The van der Waals surface area contributed by atoms with Crippen LogP contribution < -0.4 is 20.9 Å². The van der Waals surface area contributed by atoms with E-state index in [2.05, 4.69) is 56.6 Å². The van der Waals surface area contributed by atoms with E-state index in [1.807, 2.05) is 14.1 Å². The highest BCUT2D eigenvalue weighted by Crippen LogP contribution is 2.13. The van der Waals surface area contributed by atoms with E-state index in [0.29, 0.717) is 57.4 Å². The first-order valence-electron chi connectivity index (χ1n) is 12.4. The highest BCUT2D eigenvalue weighted by molar-refractivity contribution is 6.18. The first-order chi connectivity index (χ1) is 17.3. The van der Waals surface area contributed by atoms with Crippen LogP contribution >= 0.6 is 11.6 Å². The summed E-state index contributed by atoms with van der Waals surface area (Å²) in [5.41, 5.74) is 2.88. The van der Waals surface area contributed by atoms with Gasteiger partial charge in [-0.15, -0.1) is 11.6 Å². The number of likely N-dealkylation sites (N-methyl/N-ethyl adjacent to an activating group) is 1. The first kappa shape index (κ1) is 31.9. The molecule has 1 aromatic carbocycles. The third kappa shape index (κ3) is 15.7. The summed E-state index contributed by atoms with van der Waals surface area (Å²) in [5, 5.41) is 9.06. The zero-order valence-electron chi connectivity index (χ0n) is 22.1. The predicted molar refractivity (Wildman–Crippen MR) is 147 cm³/mol. The number of nitrogens with one attached hydrogen (secondary N) is 3. The topological polar surface area (TPSA) is 95.2 Å². The van der Waals surface area contributed by atoms with E-state index in [1.165, 1.54) is 11.3 Å². The van der Waals surface area contributed by atoms with Crippen molar-refractivity contribution in [3.05, 3.63) is 42.0 Å². The molecule has 0 saturated carbocycles. The number of benzene rings is 1. The largest absolute Gasteiger partial charge is 0.379 e. The molecule has 10 heteroatoms. The van der Waals surface area contributed by atoms with Gasteiger partial charge in [-0.2, -0.15) is 0 Å². The third-order valence-electron chi connectivity index (χ3n) is 5.38. The second-order valence-electron chi connectivity index (χ2n) is 8.62. The SMILES string of the molecule is C=C(C)C(=O)NCCOCCOCCC(=O)NCCN(C)CCNCc1ccc(N(C)CCCl)cc1. The molecule has 0 fully saturated rings. The van der Waals surface area contributed by atoms with Crippen LogP contribution in [0.15, 0.2) is 36.4 Å². The van der Waals surface area contributed by atoms with Crippen LogP contribution in [0.1, 0.15) is 18.9 Å². The van der Waals surface area contributed by atoms with Crippen LogP contribution in [0.25, 0.3) is 0 Å². The Balaban J connectivity index is 1.96. The molecule has 1 aromatic rings. The van der Waals surface area contributed by atoms with E-state index in [9.17, 15) is 9.59 Å². The van der Waals surface area contributed by atoms with Gasteiger partial charge >= 0.3 is 0 Å². The van der Waals surface area contributed by atoms with E-state index in [1.54, 1.807) is 6.92 Å². The van der Waals surface area contributed by atoms with Crippen molar-refractivity contribution < 1.29 is 19.1 Å². The molecule has 0 spiro atoms. The summed E-state index contributed by atoms with van der Waals surface area (Å²) in [5.74, 6) is 0.418. The molecule has 36 heavy (non-hydrogen) atoms. The number of nitrogens with zero attached hydrogens (tertiary/aromatic N) is 2. The third-order valence-corrected chi connectivity index (χ3v) is 5.55. The lowest BCUT2D eigenvalue weighted by atomic mass is 10.2. The normalized spacial score (nSPS) is 10.9. The molecule has 0 heterocycles. The van der Waals surface area contributed by atoms with Gasteiger partial charge in [0.1, 0.15) is 0 Å². The van der Waals surface area contributed by atoms with Gasteiger partial charge in [0, 0.05) is 76.4 Å². The summed E-state index contributed by atoms with van der Waals surface area (Å²) in [4.78, 5) is 27.6. The zero-order valence-corrected chi connectivity index (χ0v) is 22.9. The van der Waals surface area contributed by atoms with Crippen molar-refractivity contribution in [1.29, 1.82) is 0 Å². The fraction of sp³-hybridized carbons (Fsp3) is 0.615. The summed E-state index contributed by atoms with van der Waals surface area (Å²) < 4.78 is 10.8. The van der Waals surface area contributed by atoms with E-state index >= 15 is 0 Å². The Bertz CT molecular complexity index is 763. The number of amides is 2. The standard InChI is InChI=1S/C26H44ClN5O4/c1-22(2)26(34)30-13-18-36-20-19-35-17-9-25(33)29-12-16-31(3)15-11-28-21-23-5-7-24(8-6-23)32(4)14-10-27/h5-8,28H,1,9-21H2,2-4H3,(H,29,33)(H,30,34). The van der Waals surface area contributed by atoms with E-state index in [-0.39, 0.29) is 11.8 Å². The lowest BCUT2D eigenvalue weighted by molar-refractivity contribution is -0.122. The van der Waals surface area contributed by atoms with Crippen LogP contribution in [0, 0.1) is 0 Å². The molecule has 0 aliphatic carbocycles. The van der Waals surface area contributed by atoms with Crippen molar-refractivity contribution in [2.24, 2.45) is 0 Å². The van der Waals surface area contributed by atoms with Crippen LogP contribution in [-0.2, 0) is 25.6 Å². The Morgan fingerprint density at radius 1 is 0.917 bits per heavy atom. The molecular weight excluding hydrogens is 482 g/mol. The van der Waals surface area contributed by atoms with Crippen molar-refractivity contribution in [3.63, 3.8) is 0 Å². The highest BCUT2D eigenvalue weighted by atomic mass is 35.5. The molecule has 0 unspecified atom stereocenters. The minimum absolute atomic E-state index is 0.0231. The van der Waals surface area contributed by atoms with Gasteiger partial charge in [0.25, 0.3) is 0 Å². The Morgan fingerprint density at radius 3 is 2.25 bits per heavy atom. The lowest BCUT2D eigenvalue weighted by Gasteiger charge is -2.19. The summed E-state index contributed by atoms with van der Waals surface area (Å²) in [6, 6.07) is 8.51. The fourth-order valence-electron chi connectivity index (χ4n) is 3.09. The quantitative estimate of drug-likeness (QED) is 0.127. The maximum atomic E-state index is 11.9. The zero-order chi connectivity index (χ0) is 26.6. The molecule has 0 atom stereocenters. The molecule has 0 radical (unpaired) electrons. The van der Waals surface area contributed by atoms with E-state index in [0.717, 1.165) is 32.7 Å². The average Bonchev–Trinajstić information content (AvgIpc) is 2.85. The predicted octanol–water partition coefficient (Wildman–Crippen LogP) is 1.61. The number of halogens is 1. The van der Waals surface area contributed by atoms with Gasteiger partial charge in [-0.3, -0.25) is 9.59 Å². The second-order valence-corrected chi connectivity index (χ2v) is 9.00. The van der Waals surface area contributed by atoms with Gasteiger partial charge in [-0.25, -0.2) is 0 Å². The van der Waals surface area contributed by atoms with E-state index in [4.69, 9.17) is 21.1 Å². The Morgan fingerprint density at radius 2 is 1.58 bits per heavy atom. The van der Waals surface area contributed by atoms with Gasteiger partial charge in [0.15, 0.2) is 0 Å². The summed E-state index contributed by atoms with van der Waals surface area (Å²) in [7, 11) is 4.08. The second kappa shape index (κ2) is 20.0. The molecule has 0 aliphatic heterocycles. The monoisotopic (exact) mass is 525 g/mol. The number of carbonyl (C=O) groups is 2. The number of carbonyl (C=O) groups excluding carboxylic acids is 2. The number of hydrogen-bond acceptors (Lipinski definition) is 7. The molecular formula is C26H44ClN5O4. The summed E-state index contributed by atoms with van der Waals surface area (Å²) in [6.07, 6.45) is 0.320. The maximum Gasteiger partial charge on any atom is 0.246 e. The molecule has 0 saturated heterocycles. The lowest BCUT2D eigenvalue weighted by Crippen LogP contribution is -2.36. The van der Waals surface area contributed by atoms with Crippen molar-refractivity contribution in [2.75, 3.05) is 90.6 Å². The van der Waals surface area contributed by atoms with Crippen molar-refractivity contribution in [3.8, 4) is 0 Å². The van der Waals surface area contributed by atoms with Gasteiger partial charge in [-0.05, 0) is 31.7 Å². The average molecular weight is 526 g/mol. The fourth-order valence-corrected chi connectivity index (χ4v) is 3.34. The van der Waals surface area contributed by atoms with Crippen LogP contribution in [0.5, 0.6) is 0 Å². The van der Waals surface area contributed by atoms with Crippen LogP contribution in [0.2, 0.25) is 0 Å². The molecule has 2 amide bonds. The molecule has 1 rings (SSSR count). The Hall–Kier alpha value is -2.17. The van der Waals surface area contributed by atoms with Gasteiger partial charge < -0.3 is 35.2 Å². The van der Waals surface area contributed by atoms with Crippen LogP contribution in [0.4, 0.5) is 5.69 Å². The number of ether oxygens (including phenoxy) is 2. The molecule has 0 aromatic heterocycles. The van der Waals surface area contributed by atoms with Gasteiger partial charge in [0.2, 0.25) is 11.8 Å². The van der Waals surface area contributed by atoms with Gasteiger partial charge in [-0.1, -0.05) is 18.7 Å². The number of anilines is 1. The number of hydrogen-bond donors (Lipinski definition) is 3. The molecule has 3 N–H and O–H groups in total. The summed E-state index contributed by atoms with van der Waals surface area (Å²) in [6.45, 7) is 12.0. The minimum atomic E-state index is -0.173. The Kier molecular flexibility index (Phi) is 17.7. The number of alkyl halides is 1. The molecule has 0 bridgehead atoms. The highest BCUT2D eigenvalue weighted by Gasteiger charge is 2.04. The van der Waals surface area contributed by atoms with E-state index < -0.39 is 0 Å². The van der Waals surface area contributed by atoms with Crippen LogP contribution in [-0.4, -0.2) is 102 Å². The summed E-state index contributed by atoms with van der Waals surface area (Å²) >= 11 is 5.80. The molecule has 0 aliphatic rings. The minimum Gasteiger partial charge on any atom is -0.379 e. The van der Waals surface area contributed by atoms with Crippen molar-refractivity contribution in [1.82, 2.24) is 20.9 Å². The maximum absolute atomic E-state index is 11.9. The van der Waals surface area contributed by atoms with Crippen LogP contribution in [0.3, 0.4) is 0 Å². The molecule has 9 nitrogen and oxygen atoms in total. The first-order valence-corrected chi connectivity index (χ1v) is 13.0. The van der Waals surface area contributed by atoms with Crippen molar-refractivity contribution >= 4 is 29.1 Å². The number of rotatable bonds is 21. The Labute approximate surface area is 221 Å². The smallest absolute Gasteiger partial charge is 0.246 e. The van der Waals surface area contributed by atoms with Crippen molar-refractivity contribution in [2.45, 2.75) is 19.9 Å². The molecule has 204 valence electrons.